The van der Waals surface area contributed by atoms with Crippen LogP contribution in [-0.4, -0.2) is 21.5 Å². The summed E-state index contributed by atoms with van der Waals surface area (Å²) in [4.78, 5) is 25.5. The van der Waals surface area contributed by atoms with E-state index in [4.69, 9.17) is 0 Å². The van der Waals surface area contributed by atoms with Crippen LogP contribution in [0.3, 0.4) is 0 Å². The molecule has 4 rings (SSSR count). The summed E-state index contributed by atoms with van der Waals surface area (Å²) in [5.41, 5.74) is 5.33. The van der Waals surface area contributed by atoms with E-state index in [1.165, 1.54) is 0 Å². The summed E-state index contributed by atoms with van der Waals surface area (Å²) in [5.74, 6) is -0.125. The fraction of sp³-hybridized carbons (Fsp3) is 0.227. The maximum absolute atomic E-state index is 13.1. The first-order valence-electron chi connectivity index (χ1n) is 9.02. The summed E-state index contributed by atoms with van der Waals surface area (Å²) in [5, 5.41) is 7.62. The lowest BCUT2D eigenvalue weighted by atomic mass is 9.85. The second-order valence-electron chi connectivity index (χ2n) is 7.01. The predicted molar refractivity (Wildman–Crippen MR) is 105 cm³/mol. The number of benzene rings is 2. The van der Waals surface area contributed by atoms with E-state index in [0.29, 0.717) is 11.4 Å². The van der Waals surface area contributed by atoms with Crippen molar-refractivity contribution in [2.24, 2.45) is 0 Å². The minimum atomic E-state index is -0.519. The van der Waals surface area contributed by atoms with Crippen molar-refractivity contribution in [1.29, 1.82) is 0 Å². The largest absolute Gasteiger partial charge is 0.310 e. The molecule has 136 valence electrons. The predicted octanol–water partition coefficient (Wildman–Crippen LogP) is 4.11. The first-order valence-corrected chi connectivity index (χ1v) is 9.02. The van der Waals surface area contributed by atoms with Crippen LogP contribution >= 0.6 is 0 Å². The van der Waals surface area contributed by atoms with Gasteiger partial charge >= 0.3 is 0 Å². The van der Waals surface area contributed by atoms with Gasteiger partial charge in [-0.25, -0.2) is 4.68 Å². The molecule has 3 aromatic rings. The molecule has 0 fully saturated rings. The normalized spacial score (nSPS) is 16.0. The Balaban J connectivity index is 1.87. The Morgan fingerprint density at radius 3 is 2.56 bits per heavy atom. The summed E-state index contributed by atoms with van der Waals surface area (Å²) in [6, 6.07) is 15.1. The molecule has 1 aliphatic heterocycles. The first-order chi connectivity index (χ1) is 13.0. The number of aryl methyl sites for hydroxylation is 2. The zero-order valence-electron chi connectivity index (χ0n) is 15.6. The summed E-state index contributed by atoms with van der Waals surface area (Å²) >= 11 is 0. The third kappa shape index (κ3) is 2.85. The number of rotatable bonds is 3. The van der Waals surface area contributed by atoms with Gasteiger partial charge < -0.3 is 5.32 Å². The Labute approximate surface area is 158 Å². The first kappa shape index (κ1) is 17.2. The SMILES string of the molecule is Cc1cccc(-n2nc(C)c3c2NC(=O)C[C@H]3C(=O)c2ccccc2)c1C. The Morgan fingerprint density at radius 1 is 1.07 bits per heavy atom. The molecule has 2 aromatic carbocycles. The quantitative estimate of drug-likeness (QED) is 0.716. The molecule has 0 aliphatic carbocycles. The number of ketones is 1. The number of amides is 1. The number of nitrogens with zero attached hydrogens (tertiary/aromatic N) is 2. The Kier molecular flexibility index (Phi) is 4.15. The van der Waals surface area contributed by atoms with Crippen LogP contribution in [0.15, 0.2) is 48.5 Å². The minimum absolute atomic E-state index is 0.0460. The highest BCUT2D eigenvalue weighted by Crippen LogP contribution is 2.38. The van der Waals surface area contributed by atoms with Gasteiger partial charge in [0.15, 0.2) is 5.78 Å². The van der Waals surface area contributed by atoms with Gasteiger partial charge in [-0.1, -0.05) is 42.5 Å². The van der Waals surface area contributed by atoms with Gasteiger partial charge in [0.2, 0.25) is 5.91 Å². The molecule has 0 unspecified atom stereocenters. The molecule has 0 radical (unpaired) electrons. The van der Waals surface area contributed by atoms with Crippen LogP contribution in [-0.2, 0) is 4.79 Å². The number of fused-ring (bicyclic) bond motifs is 1. The molecule has 5 nitrogen and oxygen atoms in total. The topological polar surface area (TPSA) is 64.0 Å². The average molecular weight is 359 g/mol. The number of aromatic nitrogens is 2. The number of Topliss-reactive ketones (excluding diaryl/α,β-unsaturated/α-hetero) is 1. The highest BCUT2D eigenvalue weighted by atomic mass is 16.2. The number of carbonyl (C=O) groups is 2. The van der Waals surface area contributed by atoms with Crippen molar-refractivity contribution in [3.63, 3.8) is 0 Å². The van der Waals surface area contributed by atoms with Crippen LogP contribution in [0, 0.1) is 20.8 Å². The van der Waals surface area contributed by atoms with Crippen molar-refractivity contribution in [3.8, 4) is 5.69 Å². The van der Waals surface area contributed by atoms with Gasteiger partial charge in [-0.15, -0.1) is 0 Å². The van der Waals surface area contributed by atoms with Gasteiger partial charge in [-0.05, 0) is 38.0 Å². The molecule has 5 heteroatoms. The molecule has 27 heavy (non-hydrogen) atoms. The van der Waals surface area contributed by atoms with Crippen LogP contribution in [0.4, 0.5) is 5.82 Å². The van der Waals surface area contributed by atoms with Gasteiger partial charge in [-0.3, -0.25) is 9.59 Å². The lowest BCUT2D eigenvalue weighted by Crippen LogP contribution is -2.28. The molecule has 2 heterocycles. The fourth-order valence-corrected chi connectivity index (χ4v) is 3.71. The van der Waals surface area contributed by atoms with Crippen LogP contribution < -0.4 is 5.32 Å². The molecule has 0 saturated carbocycles. The number of nitrogens with one attached hydrogen (secondary N) is 1. The molecule has 0 bridgehead atoms. The lowest BCUT2D eigenvalue weighted by molar-refractivity contribution is -0.116. The third-order valence-corrected chi connectivity index (χ3v) is 5.28. The van der Waals surface area contributed by atoms with E-state index in [-0.39, 0.29) is 18.1 Å². The van der Waals surface area contributed by atoms with Crippen molar-refractivity contribution in [2.45, 2.75) is 33.1 Å². The fourth-order valence-electron chi connectivity index (χ4n) is 3.71. The van der Waals surface area contributed by atoms with E-state index in [1.807, 2.05) is 57.2 Å². The number of anilines is 1. The maximum Gasteiger partial charge on any atom is 0.226 e. The van der Waals surface area contributed by atoms with E-state index >= 15 is 0 Å². The minimum Gasteiger partial charge on any atom is -0.310 e. The molecule has 1 atom stereocenters. The monoisotopic (exact) mass is 359 g/mol. The second kappa shape index (κ2) is 6.50. The van der Waals surface area contributed by atoms with Gasteiger partial charge in [0.25, 0.3) is 0 Å². The number of hydrogen-bond acceptors (Lipinski definition) is 3. The third-order valence-electron chi connectivity index (χ3n) is 5.28. The highest BCUT2D eigenvalue weighted by molar-refractivity contribution is 6.08. The zero-order valence-corrected chi connectivity index (χ0v) is 15.6. The van der Waals surface area contributed by atoms with E-state index < -0.39 is 5.92 Å². The molecule has 0 spiro atoms. The maximum atomic E-state index is 13.1. The van der Waals surface area contributed by atoms with Gasteiger partial charge in [-0.2, -0.15) is 5.10 Å². The smallest absolute Gasteiger partial charge is 0.226 e. The van der Waals surface area contributed by atoms with Crippen molar-refractivity contribution in [3.05, 3.63) is 76.5 Å². The van der Waals surface area contributed by atoms with E-state index in [9.17, 15) is 9.59 Å². The standard InChI is InChI=1S/C22H21N3O2/c1-13-8-7-11-18(14(13)2)25-22-20(15(3)24-25)17(12-19(26)23-22)21(27)16-9-5-4-6-10-16/h4-11,17H,12H2,1-3H3,(H,23,26)/t17-/m1/s1. The Bertz CT molecular complexity index is 1050. The lowest BCUT2D eigenvalue weighted by Gasteiger charge is -2.23. The molecular weight excluding hydrogens is 338 g/mol. The zero-order chi connectivity index (χ0) is 19.1. The molecule has 1 aliphatic rings. The van der Waals surface area contributed by atoms with Crippen molar-refractivity contribution >= 4 is 17.5 Å². The van der Waals surface area contributed by atoms with Crippen molar-refractivity contribution in [2.75, 3.05) is 5.32 Å². The van der Waals surface area contributed by atoms with E-state index in [0.717, 1.165) is 28.1 Å². The van der Waals surface area contributed by atoms with Crippen LogP contribution in [0.25, 0.3) is 5.69 Å². The summed E-state index contributed by atoms with van der Waals surface area (Å²) in [6.07, 6.45) is 0.139. The van der Waals surface area contributed by atoms with Crippen LogP contribution in [0.2, 0.25) is 0 Å². The highest BCUT2D eigenvalue weighted by Gasteiger charge is 2.36. The van der Waals surface area contributed by atoms with Crippen LogP contribution in [0.5, 0.6) is 0 Å². The van der Waals surface area contributed by atoms with Gasteiger partial charge in [0, 0.05) is 17.5 Å². The van der Waals surface area contributed by atoms with Crippen molar-refractivity contribution < 1.29 is 9.59 Å². The molecular formula is C22H21N3O2. The molecule has 0 saturated heterocycles. The number of carbonyl (C=O) groups excluding carboxylic acids is 2. The second-order valence-corrected chi connectivity index (χ2v) is 7.01. The summed E-state index contributed by atoms with van der Waals surface area (Å²) in [6.45, 7) is 5.97. The van der Waals surface area contributed by atoms with Gasteiger partial charge in [0.05, 0.1) is 17.3 Å². The Morgan fingerprint density at radius 2 is 1.81 bits per heavy atom. The average Bonchev–Trinajstić information content (AvgIpc) is 2.99. The summed E-state index contributed by atoms with van der Waals surface area (Å²) < 4.78 is 1.76. The van der Waals surface area contributed by atoms with Crippen LogP contribution in [0.1, 0.15) is 45.1 Å². The molecule has 1 N–H and O–H groups in total. The van der Waals surface area contributed by atoms with Crippen molar-refractivity contribution in [1.82, 2.24) is 9.78 Å². The van der Waals surface area contributed by atoms with E-state index in [2.05, 4.69) is 10.4 Å². The summed E-state index contributed by atoms with van der Waals surface area (Å²) in [7, 11) is 0. The van der Waals surface area contributed by atoms with E-state index in [1.54, 1.807) is 16.8 Å². The Hall–Kier alpha value is -3.21. The number of hydrogen-bond donors (Lipinski definition) is 1. The molecule has 1 aromatic heterocycles. The molecule has 1 amide bonds. The van der Waals surface area contributed by atoms with Gasteiger partial charge in [0.1, 0.15) is 5.82 Å².